The number of hydrogen-bond acceptors (Lipinski definition) is 5. The van der Waals surface area contributed by atoms with Crippen LogP contribution in [0.4, 0.5) is 5.00 Å². The molecule has 0 spiro atoms. The first-order valence-electron chi connectivity index (χ1n) is 5.34. The molecule has 7 heteroatoms. The monoisotopic (exact) mass is 255 g/mol. The number of nitrogens with two attached hydrogens (primary N) is 1. The van der Waals surface area contributed by atoms with Gasteiger partial charge >= 0.3 is 5.00 Å². The van der Waals surface area contributed by atoms with Gasteiger partial charge in [-0.2, -0.15) is 0 Å². The van der Waals surface area contributed by atoms with Crippen LogP contribution in [-0.2, 0) is 0 Å². The normalized spacial score (nSPS) is 19.6. The van der Waals surface area contributed by atoms with Crippen LogP contribution in [0.15, 0.2) is 11.4 Å². The summed E-state index contributed by atoms with van der Waals surface area (Å²) in [6, 6.07) is 1.34. The summed E-state index contributed by atoms with van der Waals surface area (Å²) in [6.45, 7) is 1.91. The Morgan fingerprint density at radius 1 is 1.71 bits per heavy atom. The van der Waals surface area contributed by atoms with Crippen molar-refractivity contribution >= 4 is 22.2 Å². The minimum absolute atomic E-state index is 0.00271. The van der Waals surface area contributed by atoms with E-state index in [1.807, 2.05) is 0 Å². The van der Waals surface area contributed by atoms with Gasteiger partial charge in [0, 0.05) is 24.5 Å². The number of nitrogens with zero attached hydrogens (tertiary/aromatic N) is 2. The summed E-state index contributed by atoms with van der Waals surface area (Å²) in [7, 11) is 0. The van der Waals surface area contributed by atoms with E-state index >= 15 is 0 Å². The molecule has 2 rings (SSSR count). The van der Waals surface area contributed by atoms with Gasteiger partial charge in [-0.15, -0.1) is 0 Å². The molecular formula is C10H13N3O3S. The van der Waals surface area contributed by atoms with Crippen molar-refractivity contribution in [1.29, 1.82) is 0 Å². The van der Waals surface area contributed by atoms with Gasteiger partial charge < -0.3 is 10.6 Å². The van der Waals surface area contributed by atoms with E-state index in [1.165, 1.54) is 11.4 Å². The lowest BCUT2D eigenvalue weighted by atomic mass is 10.1. The van der Waals surface area contributed by atoms with E-state index < -0.39 is 4.92 Å². The highest BCUT2D eigenvalue weighted by Crippen LogP contribution is 2.25. The summed E-state index contributed by atoms with van der Waals surface area (Å²) in [5, 5.41) is 12.1. The van der Waals surface area contributed by atoms with E-state index in [2.05, 4.69) is 0 Å². The minimum atomic E-state index is -0.478. The molecule has 1 unspecified atom stereocenters. The molecule has 2 N–H and O–H groups in total. The first kappa shape index (κ1) is 12.0. The average Bonchev–Trinajstić information content (AvgIpc) is 2.97. The average molecular weight is 255 g/mol. The Bertz CT molecular complexity index is 446. The van der Waals surface area contributed by atoms with Crippen molar-refractivity contribution in [2.24, 2.45) is 11.7 Å². The summed E-state index contributed by atoms with van der Waals surface area (Å²) >= 11 is 0.980. The van der Waals surface area contributed by atoms with Gasteiger partial charge in [0.1, 0.15) is 0 Å². The third-order valence-corrected chi connectivity index (χ3v) is 3.80. The Morgan fingerprint density at radius 2 is 2.47 bits per heavy atom. The van der Waals surface area contributed by atoms with Crippen LogP contribution in [0.3, 0.4) is 0 Å². The fraction of sp³-hybridized carbons (Fsp3) is 0.500. The SMILES string of the molecule is NCC1CCN(C(=O)c2csc([N+](=O)[O-])c2)C1. The van der Waals surface area contributed by atoms with Gasteiger partial charge in [-0.3, -0.25) is 14.9 Å². The van der Waals surface area contributed by atoms with Crippen LogP contribution in [0.25, 0.3) is 0 Å². The largest absolute Gasteiger partial charge is 0.338 e. The number of hydrogen-bond donors (Lipinski definition) is 1. The summed E-state index contributed by atoms with van der Waals surface area (Å²) in [5.74, 6) is 0.220. The molecule has 0 aliphatic carbocycles. The lowest BCUT2D eigenvalue weighted by Gasteiger charge is -2.14. The Kier molecular flexibility index (Phi) is 3.39. The molecule has 1 aliphatic heterocycles. The second-order valence-electron chi connectivity index (χ2n) is 4.07. The number of thiophene rings is 1. The molecule has 17 heavy (non-hydrogen) atoms. The summed E-state index contributed by atoms with van der Waals surface area (Å²) < 4.78 is 0. The molecule has 0 saturated carbocycles. The fourth-order valence-corrected chi connectivity index (χ4v) is 2.62. The zero-order valence-electron chi connectivity index (χ0n) is 9.17. The zero-order chi connectivity index (χ0) is 12.4. The van der Waals surface area contributed by atoms with E-state index in [1.54, 1.807) is 4.90 Å². The molecule has 0 radical (unpaired) electrons. The molecule has 1 aromatic heterocycles. The summed E-state index contributed by atoms with van der Waals surface area (Å²) in [6.07, 6.45) is 0.911. The summed E-state index contributed by atoms with van der Waals surface area (Å²) in [5.41, 5.74) is 5.96. The van der Waals surface area contributed by atoms with Gasteiger partial charge in [-0.25, -0.2) is 0 Å². The van der Waals surface area contributed by atoms with E-state index in [9.17, 15) is 14.9 Å². The first-order valence-corrected chi connectivity index (χ1v) is 6.22. The lowest BCUT2D eigenvalue weighted by Crippen LogP contribution is -2.29. The van der Waals surface area contributed by atoms with Crippen molar-refractivity contribution in [1.82, 2.24) is 4.90 Å². The number of amides is 1. The number of carbonyl (C=O) groups excluding carboxylic acids is 1. The predicted octanol–water partition coefficient (Wildman–Crippen LogP) is 1.08. The standard InChI is InChI=1S/C10H13N3O3S/c11-4-7-1-2-12(5-7)10(14)8-3-9(13(15)16)17-6-8/h3,6-7H,1-2,4-5,11H2. The molecule has 6 nitrogen and oxygen atoms in total. The Labute approximate surface area is 102 Å². The van der Waals surface area contributed by atoms with Gasteiger partial charge in [0.15, 0.2) is 0 Å². The van der Waals surface area contributed by atoms with Crippen molar-refractivity contribution in [3.05, 3.63) is 27.1 Å². The van der Waals surface area contributed by atoms with Crippen LogP contribution in [0.5, 0.6) is 0 Å². The third kappa shape index (κ3) is 2.45. The van der Waals surface area contributed by atoms with Crippen LogP contribution >= 0.6 is 11.3 Å². The maximum Gasteiger partial charge on any atom is 0.324 e. The van der Waals surface area contributed by atoms with Crippen molar-refractivity contribution in [3.8, 4) is 0 Å². The highest BCUT2D eigenvalue weighted by Gasteiger charge is 2.27. The Hall–Kier alpha value is -1.47. The van der Waals surface area contributed by atoms with E-state index in [4.69, 9.17) is 5.73 Å². The van der Waals surface area contributed by atoms with Crippen LogP contribution < -0.4 is 5.73 Å². The van der Waals surface area contributed by atoms with E-state index in [0.29, 0.717) is 31.1 Å². The summed E-state index contributed by atoms with van der Waals surface area (Å²) in [4.78, 5) is 23.8. The molecule has 1 saturated heterocycles. The van der Waals surface area contributed by atoms with Crippen molar-refractivity contribution in [3.63, 3.8) is 0 Å². The van der Waals surface area contributed by atoms with Crippen LogP contribution in [0, 0.1) is 16.0 Å². The van der Waals surface area contributed by atoms with Gasteiger partial charge in [-0.1, -0.05) is 11.3 Å². The molecule has 1 aliphatic rings. The molecule has 1 fully saturated rings. The fourth-order valence-electron chi connectivity index (χ4n) is 1.92. The second kappa shape index (κ2) is 4.80. The topological polar surface area (TPSA) is 89.5 Å². The molecule has 2 heterocycles. The second-order valence-corrected chi connectivity index (χ2v) is 4.96. The van der Waals surface area contributed by atoms with Gasteiger partial charge in [0.2, 0.25) is 0 Å². The smallest absolute Gasteiger partial charge is 0.324 e. The first-order chi connectivity index (χ1) is 8.11. The van der Waals surface area contributed by atoms with Crippen molar-refractivity contribution in [2.45, 2.75) is 6.42 Å². The maximum absolute atomic E-state index is 12.0. The molecule has 0 aromatic carbocycles. The predicted molar refractivity (Wildman–Crippen MR) is 64.0 cm³/mol. The van der Waals surface area contributed by atoms with Crippen molar-refractivity contribution in [2.75, 3.05) is 19.6 Å². The molecule has 1 amide bonds. The Balaban J connectivity index is 2.07. The third-order valence-electron chi connectivity index (χ3n) is 2.92. The molecule has 1 aromatic rings. The van der Waals surface area contributed by atoms with Crippen LogP contribution in [0.1, 0.15) is 16.8 Å². The molecule has 0 bridgehead atoms. The molecule has 92 valence electrons. The van der Waals surface area contributed by atoms with Crippen LogP contribution in [0.2, 0.25) is 0 Å². The van der Waals surface area contributed by atoms with Crippen molar-refractivity contribution < 1.29 is 9.72 Å². The minimum Gasteiger partial charge on any atom is -0.338 e. The number of nitro groups is 1. The lowest BCUT2D eigenvalue weighted by molar-refractivity contribution is -0.380. The highest BCUT2D eigenvalue weighted by atomic mass is 32.1. The number of likely N-dealkylation sites (tertiary alicyclic amines) is 1. The van der Waals surface area contributed by atoms with Gasteiger partial charge in [0.05, 0.1) is 10.5 Å². The maximum atomic E-state index is 12.0. The molecular weight excluding hydrogens is 242 g/mol. The van der Waals surface area contributed by atoms with E-state index in [0.717, 1.165) is 17.8 Å². The highest BCUT2D eigenvalue weighted by molar-refractivity contribution is 7.13. The van der Waals surface area contributed by atoms with E-state index in [-0.39, 0.29) is 10.9 Å². The number of carbonyl (C=O) groups is 1. The molecule has 1 atom stereocenters. The van der Waals surface area contributed by atoms with Gasteiger partial charge in [0.25, 0.3) is 5.91 Å². The zero-order valence-corrected chi connectivity index (χ0v) is 9.98. The van der Waals surface area contributed by atoms with Gasteiger partial charge in [-0.05, 0) is 18.9 Å². The quantitative estimate of drug-likeness (QED) is 0.646. The van der Waals surface area contributed by atoms with Crippen LogP contribution in [-0.4, -0.2) is 35.4 Å². The Morgan fingerprint density at radius 3 is 3.00 bits per heavy atom. The number of rotatable bonds is 3.